The lowest BCUT2D eigenvalue weighted by atomic mass is 10.0. The second-order valence-electron chi connectivity index (χ2n) is 4.61. The van der Waals surface area contributed by atoms with Crippen LogP contribution in [0.4, 0.5) is 0 Å². The third-order valence-electron chi connectivity index (χ3n) is 3.67. The maximum atomic E-state index is 3.64. The Morgan fingerprint density at radius 3 is 2.87 bits per heavy atom. The van der Waals surface area contributed by atoms with Gasteiger partial charge in [0.1, 0.15) is 0 Å². The Labute approximate surface area is 91.3 Å². The van der Waals surface area contributed by atoms with E-state index in [1.807, 2.05) is 0 Å². The molecule has 2 fully saturated rings. The molecule has 0 bridgehead atoms. The third kappa shape index (κ3) is 1.68. The zero-order valence-corrected chi connectivity index (χ0v) is 9.02. The van der Waals surface area contributed by atoms with Crippen LogP contribution in [-0.4, -0.2) is 24.0 Å². The van der Waals surface area contributed by atoms with Crippen LogP contribution in [0.5, 0.6) is 0 Å². The van der Waals surface area contributed by atoms with Gasteiger partial charge in [0.2, 0.25) is 0 Å². The van der Waals surface area contributed by atoms with Gasteiger partial charge in [0.25, 0.3) is 0 Å². The van der Waals surface area contributed by atoms with E-state index >= 15 is 0 Å². The molecule has 2 saturated heterocycles. The van der Waals surface area contributed by atoms with Crippen molar-refractivity contribution in [2.24, 2.45) is 0 Å². The molecule has 1 aromatic rings. The quantitative estimate of drug-likeness (QED) is 0.750. The smallest absolute Gasteiger partial charge is 0.0864 e. The molecule has 2 atom stereocenters. The van der Waals surface area contributed by atoms with Gasteiger partial charge in [-0.1, -0.05) is 36.8 Å². The monoisotopic (exact) mass is 202 g/mol. The fraction of sp³-hybridized carbons (Fsp3) is 0.538. The largest absolute Gasteiger partial charge is 0.296 e. The maximum absolute atomic E-state index is 3.64. The molecule has 0 aliphatic carbocycles. The first kappa shape index (κ1) is 9.37. The van der Waals surface area contributed by atoms with Crippen LogP contribution in [0.15, 0.2) is 30.3 Å². The molecule has 1 aromatic carbocycles. The van der Waals surface area contributed by atoms with E-state index in [-0.39, 0.29) is 0 Å². The van der Waals surface area contributed by atoms with Crippen LogP contribution >= 0.6 is 0 Å². The fourth-order valence-corrected chi connectivity index (χ4v) is 2.89. The summed E-state index contributed by atoms with van der Waals surface area (Å²) in [6, 6.07) is 11.6. The minimum atomic E-state index is 0.469. The molecule has 0 spiro atoms. The molecule has 2 aliphatic heterocycles. The predicted molar refractivity (Wildman–Crippen MR) is 61.5 cm³/mol. The SMILES string of the molecule is c1ccc(C2NCC3CCCCN32)cc1. The van der Waals surface area contributed by atoms with Crippen LogP contribution in [0.3, 0.4) is 0 Å². The van der Waals surface area contributed by atoms with E-state index in [2.05, 4.69) is 40.5 Å². The van der Waals surface area contributed by atoms with E-state index in [9.17, 15) is 0 Å². The summed E-state index contributed by atoms with van der Waals surface area (Å²) in [6.45, 7) is 2.43. The van der Waals surface area contributed by atoms with Crippen molar-refractivity contribution in [3.8, 4) is 0 Å². The lowest BCUT2D eigenvalue weighted by Crippen LogP contribution is -2.37. The molecule has 1 N–H and O–H groups in total. The van der Waals surface area contributed by atoms with Gasteiger partial charge in [0.15, 0.2) is 0 Å². The highest BCUT2D eigenvalue weighted by Gasteiger charge is 2.34. The van der Waals surface area contributed by atoms with Crippen LogP contribution in [0.2, 0.25) is 0 Å². The Morgan fingerprint density at radius 1 is 1.13 bits per heavy atom. The molecule has 0 aromatic heterocycles. The van der Waals surface area contributed by atoms with Crippen molar-refractivity contribution in [2.75, 3.05) is 13.1 Å². The van der Waals surface area contributed by atoms with E-state index < -0.39 is 0 Å². The first-order chi connectivity index (χ1) is 7.45. The minimum Gasteiger partial charge on any atom is -0.296 e. The lowest BCUT2D eigenvalue weighted by molar-refractivity contribution is 0.148. The van der Waals surface area contributed by atoms with Crippen LogP contribution in [0.25, 0.3) is 0 Å². The normalized spacial score (nSPS) is 31.5. The van der Waals surface area contributed by atoms with Crippen molar-refractivity contribution in [1.29, 1.82) is 0 Å². The Bertz CT molecular complexity index is 323. The molecular weight excluding hydrogens is 184 g/mol. The van der Waals surface area contributed by atoms with Gasteiger partial charge in [0.05, 0.1) is 6.17 Å². The Morgan fingerprint density at radius 2 is 2.00 bits per heavy atom. The summed E-state index contributed by atoms with van der Waals surface area (Å²) in [7, 11) is 0. The van der Waals surface area contributed by atoms with Gasteiger partial charge < -0.3 is 0 Å². The van der Waals surface area contributed by atoms with Gasteiger partial charge in [0, 0.05) is 19.1 Å². The molecule has 0 saturated carbocycles. The average molecular weight is 202 g/mol. The minimum absolute atomic E-state index is 0.469. The van der Waals surface area contributed by atoms with Gasteiger partial charge in [-0.05, 0) is 18.4 Å². The maximum Gasteiger partial charge on any atom is 0.0864 e. The van der Waals surface area contributed by atoms with Crippen molar-refractivity contribution in [3.63, 3.8) is 0 Å². The van der Waals surface area contributed by atoms with Crippen LogP contribution in [-0.2, 0) is 0 Å². The molecule has 2 heteroatoms. The molecule has 0 amide bonds. The van der Waals surface area contributed by atoms with Crippen molar-refractivity contribution in [2.45, 2.75) is 31.5 Å². The van der Waals surface area contributed by atoms with Crippen molar-refractivity contribution < 1.29 is 0 Å². The molecule has 2 nitrogen and oxygen atoms in total. The van der Waals surface area contributed by atoms with Crippen LogP contribution in [0, 0.1) is 0 Å². The van der Waals surface area contributed by atoms with E-state index in [0.29, 0.717) is 6.17 Å². The summed E-state index contributed by atoms with van der Waals surface area (Å²) in [4.78, 5) is 2.64. The van der Waals surface area contributed by atoms with Gasteiger partial charge in [-0.3, -0.25) is 10.2 Å². The fourth-order valence-electron chi connectivity index (χ4n) is 2.89. The van der Waals surface area contributed by atoms with Gasteiger partial charge in [-0.2, -0.15) is 0 Å². The first-order valence-electron chi connectivity index (χ1n) is 5.99. The van der Waals surface area contributed by atoms with Crippen molar-refractivity contribution >= 4 is 0 Å². The highest BCUT2D eigenvalue weighted by Crippen LogP contribution is 2.30. The van der Waals surface area contributed by atoms with E-state index in [1.165, 1.54) is 37.9 Å². The van der Waals surface area contributed by atoms with Gasteiger partial charge in [-0.25, -0.2) is 0 Å². The summed E-state index contributed by atoms with van der Waals surface area (Å²) in [6.07, 6.45) is 4.61. The van der Waals surface area contributed by atoms with Gasteiger partial charge in [-0.15, -0.1) is 0 Å². The Kier molecular flexibility index (Phi) is 2.47. The Balaban J connectivity index is 1.82. The number of benzene rings is 1. The number of nitrogens with one attached hydrogen (secondary N) is 1. The first-order valence-corrected chi connectivity index (χ1v) is 5.99. The third-order valence-corrected chi connectivity index (χ3v) is 3.67. The van der Waals surface area contributed by atoms with Gasteiger partial charge >= 0.3 is 0 Å². The Hall–Kier alpha value is -0.860. The zero-order valence-electron chi connectivity index (χ0n) is 9.02. The highest BCUT2D eigenvalue weighted by atomic mass is 15.4. The predicted octanol–water partition coefficient (Wildman–Crippen LogP) is 2.14. The number of piperidine rings is 1. The molecule has 2 unspecified atom stereocenters. The number of hydrogen-bond acceptors (Lipinski definition) is 2. The standard InChI is InChI=1S/C13H18N2/c1-2-6-11(7-3-1)13-14-10-12-8-4-5-9-15(12)13/h1-3,6-7,12-14H,4-5,8-10H2. The van der Waals surface area contributed by atoms with Crippen molar-refractivity contribution in [1.82, 2.24) is 10.2 Å². The number of hydrogen-bond donors (Lipinski definition) is 1. The summed E-state index contributed by atoms with van der Waals surface area (Å²) >= 11 is 0. The zero-order chi connectivity index (χ0) is 10.1. The molecule has 2 aliphatic rings. The van der Waals surface area contributed by atoms with E-state index in [0.717, 1.165) is 6.04 Å². The van der Waals surface area contributed by atoms with E-state index in [1.54, 1.807) is 0 Å². The second kappa shape index (κ2) is 3.95. The molecule has 2 heterocycles. The lowest BCUT2D eigenvalue weighted by Gasteiger charge is -2.33. The van der Waals surface area contributed by atoms with Crippen molar-refractivity contribution in [3.05, 3.63) is 35.9 Å². The molecule has 3 rings (SSSR count). The van der Waals surface area contributed by atoms with Crippen LogP contribution in [0.1, 0.15) is 31.0 Å². The molecule has 80 valence electrons. The van der Waals surface area contributed by atoms with Crippen LogP contribution < -0.4 is 5.32 Å². The number of fused-ring (bicyclic) bond motifs is 1. The second-order valence-corrected chi connectivity index (χ2v) is 4.61. The molecule has 0 radical (unpaired) electrons. The average Bonchev–Trinajstić information content (AvgIpc) is 2.74. The summed E-state index contributed by atoms with van der Waals surface area (Å²) < 4.78 is 0. The highest BCUT2D eigenvalue weighted by molar-refractivity contribution is 5.20. The number of rotatable bonds is 1. The summed E-state index contributed by atoms with van der Waals surface area (Å²) in [5, 5.41) is 3.64. The number of nitrogens with zero attached hydrogens (tertiary/aromatic N) is 1. The summed E-state index contributed by atoms with van der Waals surface area (Å²) in [5.41, 5.74) is 1.42. The molecule has 15 heavy (non-hydrogen) atoms. The topological polar surface area (TPSA) is 15.3 Å². The molecular formula is C13H18N2. The van der Waals surface area contributed by atoms with E-state index in [4.69, 9.17) is 0 Å². The summed E-state index contributed by atoms with van der Waals surface area (Å²) in [5.74, 6) is 0.